The highest BCUT2D eigenvalue weighted by molar-refractivity contribution is 5.79. The van der Waals surface area contributed by atoms with Crippen LogP contribution < -0.4 is 0 Å². The van der Waals surface area contributed by atoms with E-state index in [0.29, 0.717) is 5.91 Å². The van der Waals surface area contributed by atoms with Crippen molar-refractivity contribution in [2.75, 3.05) is 39.3 Å². The van der Waals surface area contributed by atoms with E-state index in [1.807, 2.05) is 4.90 Å². The highest BCUT2D eigenvalue weighted by Gasteiger charge is 2.34. The van der Waals surface area contributed by atoms with Gasteiger partial charge in [-0.25, -0.2) is 0 Å². The lowest BCUT2D eigenvalue weighted by Crippen LogP contribution is -2.51. The van der Waals surface area contributed by atoms with Crippen LogP contribution in [0.4, 0.5) is 0 Å². The van der Waals surface area contributed by atoms with Gasteiger partial charge in [-0.05, 0) is 25.3 Å². The van der Waals surface area contributed by atoms with Crippen LogP contribution in [0.2, 0.25) is 0 Å². The van der Waals surface area contributed by atoms with Gasteiger partial charge in [0.15, 0.2) is 0 Å². The molecule has 0 aromatic rings. The third-order valence-corrected chi connectivity index (χ3v) is 4.59. The van der Waals surface area contributed by atoms with Gasteiger partial charge in [-0.15, -0.1) is 0 Å². The van der Waals surface area contributed by atoms with E-state index in [4.69, 9.17) is 0 Å². The Kier molecular flexibility index (Phi) is 5.01. The second-order valence-corrected chi connectivity index (χ2v) is 5.59. The van der Waals surface area contributed by atoms with E-state index in [9.17, 15) is 9.90 Å². The Morgan fingerprint density at radius 3 is 2.44 bits per heavy atom. The Morgan fingerprint density at radius 2 is 1.83 bits per heavy atom. The summed E-state index contributed by atoms with van der Waals surface area (Å²) >= 11 is 0. The molecule has 0 radical (unpaired) electrons. The summed E-state index contributed by atoms with van der Waals surface area (Å²) in [7, 11) is 0. The lowest BCUT2D eigenvalue weighted by Gasteiger charge is -2.38. The van der Waals surface area contributed by atoms with Crippen molar-refractivity contribution in [3.05, 3.63) is 0 Å². The Labute approximate surface area is 110 Å². The summed E-state index contributed by atoms with van der Waals surface area (Å²) < 4.78 is 0. The Hall–Kier alpha value is -0.610. The lowest BCUT2D eigenvalue weighted by atomic mass is 9.79. The fraction of sp³-hybridized carbons (Fsp3) is 0.929. The number of hydrogen-bond donors (Lipinski definition) is 1. The highest BCUT2D eigenvalue weighted by Crippen LogP contribution is 2.31. The molecule has 1 aliphatic heterocycles. The van der Waals surface area contributed by atoms with Crippen LogP contribution in [0.1, 0.15) is 32.6 Å². The standard InChI is InChI=1S/C14H26N2O2/c1-2-15-7-9-16(10-8-15)14(18)13-6-4-3-5-12(13)11-17/h12-13,17H,2-11H2,1H3. The first-order valence-electron chi connectivity index (χ1n) is 7.38. The molecule has 1 N–H and O–H groups in total. The van der Waals surface area contributed by atoms with Gasteiger partial charge in [-0.2, -0.15) is 0 Å². The largest absolute Gasteiger partial charge is 0.396 e. The van der Waals surface area contributed by atoms with Gasteiger partial charge in [-0.3, -0.25) is 4.79 Å². The molecular formula is C14H26N2O2. The van der Waals surface area contributed by atoms with Crippen molar-refractivity contribution in [3.8, 4) is 0 Å². The molecule has 4 nitrogen and oxygen atoms in total. The first-order valence-corrected chi connectivity index (χ1v) is 7.38. The SMILES string of the molecule is CCN1CCN(C(=O)C2CCCCC2CO)CC1. The normalized spacial score (nSPS) is 30.4. The molecule has 2 unspecified atom stereocenters. The van der Waals surface area contributed by atoms with Gasteiger partial charge in [0.2, 0.25) is 5.91 Å². The molecule has 2 fully saturated rings. The second-order valence-electron chi connectivity index (χ2n) is 5.59. The van der Waals surface area contributed by atoms with Crippen LogP contribution in [0.15, 0.2) is 0 Å². The van der Waals surface area contributed by atoms with Crippen molar-refractivity contribution in [2.24, 2.45) is 11.8 Å². The summed E-state index contributed by atoms with van der Waals surface area (Å²) in [6.45, 7) is 7.14. The first-order chi connectivity index (χ1) is 8.76. The molecule has 0 aromatic carbocycles. The zero-order chi connectivity index (χ0) is 13.0. The number of hydrogen-bond acceptors (Lipinski definition) is 3. The van der Waals surface area contributed by atoms with Crippen molar-refractivity contribution in [1.82, 2.24) is 9.80 Å². The van der Waals surface area contributed by atoms with Gasteiger partial charge in [0.05, 0.1) is 0 Å². The smallest absolute Gasteiger partial charge is 0.226 e. The summed E-state index contributed by atoms with van der Waals surface area (Å²) in [5.41, 5.74) is 0. The van der Waals surface area contributed by atoms with Crippen LogP contribution in [0, 0.1) is 11.8 Å². The number of amides is 1. The van der Waals surface area contributed by atoms with E-state index in [2.05, 4.69) is 11.8 Å². The number of aliphatic hydroxyl groups is 1. The summed E-state index contributed by atoms with van der Waals surface area (Å²) in [5.74, 6) is 0.580. The molecule has 0 bridgehead atoms. The van der Waals surface area contributed by atoms with E-state index >= 15 is 0 Å². The predicted molar refractivity (Wildman–Crippen MR) is 71.2 cm³/mol. The Bertz CT molecular complexity index is 275. The molecule has 4 heteroatoms. The topological polar surface area (TPSA) is 43.8 Å². The summed E-state index contributed by atoms with van der Waals surface area (Å²) in [6.07, 6.45) is 4.29. The van der Waals surface area contributed by atoms with Gasteiger partial charge in [0, 0.05) is 38.7 Å². The molecule has 2 aliphatic rings. The van der Waals surface area contributed by atoms with Gasteiger partial charge in [0.1, 0.15) is 0 Å². The molecule has 18 heavy (non-hydrogen) atoms. The third kappa shape index (κ3) is 3.04. The molecule has 1 saturated heterocycles. The summed E-state index contributed by atoms with van der Waals surface area (Å²) in [6, 6.07) is 0. The number of aliphatic hydroxyl groups excluding tert-OH is 1. The van der Waals surface area contributed by atoms with Crippen LogP contribution in [0.5, 0.6) is 0 Å². The zero-order valence-corrected chi connectivity index (χ0v) is 11.5. The average Bonchev–Trinajstić information content (AvgIpc) is 2.46. The Morgan fingerprint density at radius 1 is 1.17 bits per heavy atom. The zero-order valence-electron chi connectivity index (χ0n) is 11.5. The van der Waals surface area contributed by atoms with Crippen LogP contribution in [-0.4, -0.2) is 60.1 Å². The number of carbonyl (C=O) groups excluding carboxylic acids is 1. The fourth-order valence-corrected chi connectivity index (χ4v) is 3.27. The van der Waals surface area contributed by atoms with E-state index < -0.39 is 0 Å². The maximum Gasteiger partial charge on any atom is 0.226 e. The minimum atomic E-state index is 0.0805. The maximum atomic E-state index is 12.5. The van der Waals surface area contributed by atoms with Crippen LogP contribution in [0.3, 0.4) is 0 Å². The van der Waals surface area contributed by atoms with Crippen molar-refractivity contribution < 1.29 is 9.90 Å². The summed E-state index contributed by atoms with van der Waals surface area (Å²) in [5, 5.41) is 9.41. The van der Waals surface area contributed by atoms with Crippen LogP contribution in [0.25, 0.3) is 0 Å². The van der Waals surface area contributed by atoms with Gasteiger partial charge in [0.25, 0.3) is 0 Å². The summed E-state index contributed by atoms with van der Waals surface area (Å²) in [4.78, 5) is 16.9. The van der Waals surface area contributed by atoms with Crippen molar-refractivity contribution in [1.29, 1.82) is 0 Å². The van der Waals surface area contributed by atoms with Crippen LogP contribution in [-0.2, 0) is 4.79 Å². The van der Waals surface area contributed by atoms with E-state index in [1.54, 1.807) is 0 Å². The monoisotopic (exact) mass is 254 g/mol. The molecule has 1 heterocycles. The number of carbonyl (C=O) groups is 1. The Balaban J connectivity index is 1.90. The molecule has 0 aromatic heterocycles. The minimum Gasteiger partial charge on any atom is -0.396 e. The van der Waals surface area contributed by atoms with Crippen molar-refractivity contribution >= 4 is 5.91 Å². The third-order valence-electron chi connectivity index (χ3n) is 4.59. The molecule has 104 valence electrons. The number of likely N-dealkylation sites (N-methyl/N-ethyl adjacent to an activating group) is 1. The van der Waals surface area contributed by atoms with Gasteiger partial charge in [-0.1, -0.05) is 19.8 Å². The first kappa shape index (κ1) is 13.8. The predicted octanol–water partition coefficient (Wildman–Crippen LogP) is 0.949. The average molecular weight is 254 g/mol. The highest BCUT2D eigenvalue weighted by atomic mass is 16.3. The minimum absolute atomic E-state index is 0.0805. The van der Waals surface area contributed by atoms with E-state index in [-0.39, 0.29) is 18.4 Å². The molecule has 1 aliphatic carbocycles. The maximum absolute atomic E-state index is 12.5. The molecule has 2 atom stereocenters. The van der Waals surface area contributed by atoms with Crippen molar-refractivity contribution in [3.63, 3.8) is 0 Å². The molecule has 1 saturated carbocycles. The molecular weight excluding hydrogens is 228 g/mol. The number of piperazine rings is 1. The lowest BCUT2D eigenvalue weighted by molar-refractivity contribution is -0.141. The van der Waals surface area contributed by atoms with Crippen molar-refractivity contribution in [2.45, 2.75) is 32.6 Å². The quantitative estimate of drug-likeness (QED) is 0.815. The van der Waals surface area contributed by atoms with E-state index in [1.165, 1.54) is 6.42 Å². The fourth-order valence-electron chi connectivity index (χ4n) is 3.27. The molecule has 2 rings (SSSR count). The number of nitrogens with zero attached hydrogens (tertiary/aromatic N) is 2. The van der Waals surface area contributed by atoms with Crippen LogP contribution >= 0.6 is 0 Å². The van der Waals surface area contributed by atoms with Gasteiger partial charge < -0.3 is 14.9 Å². The van der Waals surface area contributed by atoms with E-state index in [0.717, 1.165) is 52.0 Å². The second kappa shape index (κ2) is 6.53. The number of rotatable bonds is 3. The molecule has 1 amide bonds. The van der Waals surface area contributed by atoms with Gasteiger partial charge >= 0.3 is 0 Å². The molecule has 0 spiro atoms.